The summed E-state index contributed by atoms with van der Waals surface area (Å²) >= 11 is 2.09. The molecule has 0 aromatic rings. The van der Waals surface area contributed by atoms with Gasteiger partial charge in [0.2, 0.25) is 0 Å². The van der Waals surface area contributed by atoms with Crippen molar-refractivity contribution in [2.75, 3.05) is 25.9 Å². The topological polar surface area (TPSA) is 36.4 Å². The molecule has 0 radical (unpaired) electrons. The first-order valence-electron chi connectivity index (χ1n) is 7.62. The highest BCUT2D eigenvalue weighted by atomic mass is 127. The number of allylic oxidation sites excluding steroid dienone is 1. The van der Waals surface area contributed by atoms with Crippen LogP contribution in [0.25, 0.3) is 0 Å². The Morgan fingerprint density at radius 1 is 1.35 bits per heavy atom. The number of aliphatic imine (C=N–C) groups is 1. The molecule has 2 N–H and O–H groups in total. The van der Waals surface area contributed by atoms with Crippen LogP contribution in [0.3, 0.4) is 0 Å². The van der Waals surface area contributed by atoms with E-state index in [9.17, 15) is 0 Å². The van der Waals surface area contributed by atoms with Gasteiger partial charge in [-0.25, -0.2) is 0 Å². The maximum atomic E-state index is 4.30. The van der Waals surface area contributed by atoms with Crippen LogP contribution in [0.4, 0.5) is 0 Å². The van der Waals surface area contributed by atoms with Crippen molar-refractivity contribution in [3.05, 3.63) is 11.6 Å². The molecule has 1 atom stereocenters. The fourth-order valence-corrected chi connectivity index (χ4v) is 3.91. The number of hydrogen-bond acceptors (Lipinski definition) is 2. The Labute approximate surface area is 144 Å². The van der Waals surface area contributed by atoms with Crippen LogP contribution in [0.5, 0.6) is 0 Å². The lowest BCUT2D eigenvalue weighted by Crippen LogP contribution is -2.40. The van der Waals surface area contributed by atoms with Crippen molar-refractivity contribution in [1.29, 1.82) is 0 Å². The largest absolute Gasteiger partial charge is 0.356 e. The van der Waals surface area contributed by atoms with Crippen LogP contribution in [0.2, 0.25) is 0 Å². The molecule has 1 heterocycles. The third-order valence-electron chi connectivity index (χ3n) is 3.87. The van der Waals surface area contributed by atoms with Gasteiger partial charge in [-0.05, 0) is 50.7 Å². The zero-order chi connectivity index (χ0) is 13.3. The summed E-state index contributed by atoms with van der Waals surface area (Å²) < 4.78 is 0. The minimum absolute atomic E-state index is 0. The normalized spacial score (nSPS) is 22.9. The van der Waals surface area contributed by atoms with E-state index >= 15 is 0 Å². The number of rotatable bonds is 5. The molecule has 0 amide bonds. The molecule has 3 nitrogen and oxygen atoms in total. The number of guanidine groups is 1. The van der Waals surface area contributed by atoms with Crippen LogP contribution < -0.4 is 10.6 Å². The second kappa shape index (κ2) is 10.8. The first-order valence-corrected chi connectivity index (χ1v) is 8.67. The Kier molecular flexibility index (Phi) is 9.76. The van der Waals surface area contributed by atoms with E-state index < -0.39 is 0 Å². The lowest BCUT2D eigenvalue weighted by atomic mass is 9.97. The summed E-state index contributed by atoms with van der Waals surface area (Å²) in [4.78, 5) is 4.30. The molecular weight excluding hydrogens is 381 g/mol. The molecule has 1 aliphatic carbocycles. The first kappa shape index (κ1) is 18.1. The zero-order valence-corrected chi connectivity index (χ0v) is 15.6. The molecular formula is C15H28IN3S. The van der Waals surface area contributed by atoms with Crippen molar-refractivity contribution in [3.8, 4) is 0 Å². The van der Waals surface area contributed by atoms with Gasteiger partial charge in [-0.2, -0.15) is 11.8 Å². The van der Waals surface area contributed by atoms with Gasteiger partial charge in [0.15, 0.2) is 5.96 Å². The number of hydrogen-bond donors (Lipinski definition) is 2. The van der Waals surface area contributed by atoms with Crippen LogP contribution in [-0.4, -0.2) is 37.1 Å². The molecule has 1 aliphatic heterocycles. The molecule has 116 valence electrons. The lowest BCUT2D eigenvalue weighted by molar-refractivity contribution is 0.663. The fourth-order valence-electron chi connectivity index (χ4n) is 2.71. The second-order valence-electron chi connectivity index (χ2n) is 5.37. The van der Waals surface area contributed by atoms with Gasteiger partial charge in [-0.1, -0.05) is 11.6 Å². The Balaban J connectivity index is 0.00000200. The van der Waals surface area contributed by atoms with Crippen LogP contribution >= 0.6 is 35.7 Å². The minimum atomic E-state index is 0. The lowest BCUT2D eigenvalue weighted by Gasteiger charge is -2.16. The molecule has 0 spiro atoms. The standard InChI is InChI=1S/C15H27N3S.HI/c1-16-15(18-12-14-8-5-11-19-14)17-10-9-13-6-3-2-4-7-13;/h6,14H,2-5,7-12H2,1H3,(H2,16,17,18);1H. The predicted octanol–water partition coefficient (Wildman–Crippen LogP) is 3.56. The van der Waals surface area contributed by atoms with Crippen molar-refractivity contribution in [2.24, 2.45) is 4.99 Å². The van der Waals surface area contributed by atoms with Gasteiger partial charge in [0, 0.05) is 25.4 Å². The molecule has 1 unspecified atom stereocenters. The molecule has 5 heteroatoms. The minimum Gasteiger partial charge on any atom is -0.356 e. The van der Waals surface area contributed by atoms with Gasteiger partial charge >= 0.3 is 0 Å². The summed E-state index contributed by atoms with van der Waals surface area (Å²) in [6.07, 6.45) is 11.6. The van der Waals surface area contributed by atoms with Crippen LogP contribution in [0, 0.1) is 0 Å². The molecule has 1 fully saturated rings. The third-order valence-corrected chi connectivity index (χ3v) is 5.27. The fraction of sp³-hybridized carbons (Fsp3) is 0.800. The highest BCUT2D eigenvalue weighted by Gasteiger charge is 2.15. The van der Waals surface area contributed by atoms with E-state index in [4.69, 9.17) is 0 Å². The number of nitrogens with zero attached hydrogens (tertiary/aromatic N) is 1. The van der Waals surface area contributed by atoms with E-state index in [2.05, 4.69) is 33.5 Å². The SMILES string of the molecule is CN=C(NCCC1=CCCCC1)NCC1CCCS1.I. The number of nitrogens with one attached hydrogen (secondary N) is 2. The molecule has 2 rings (SSSR count). The Hall–Kier alpha value is 0.0900. The van der Waals surface area contributed by atoms with Gasteiger partial charge in [0.1, 0.15) is 0 Å². The van der Waals surface area contributed by atoms with Crippen molar-refractivity contribution in [2.45, 2.75) is 50.2 Å². The number of thioether (sulfide) groups is 1. The average Bonchev–Trinajstić information content (AvgIpc) is 2.97. The monoisotopic (exact) mass is 409 g/mol. The van der Waals surface area contributed by atoms with E-state index in [1.807, 2.05) is 7.05 Å². The van der Waals surface area contributed by atoms with Gasteiger partial charge in [0.05, 0.1) is 0 Å². The molecule has 2 aliphatic rings. The van der Waals surface area contributed by atoms with E-state index in [-0.39, 0.29) is 24.0 Å². The summed E-state index contributed by atoms with van der Waals surface area (Å²) in [5.74, 6) is 2.29. The van der Waals surface area contributed by atoms with E-state index in [1.54, 1.807) is 5.57 Å². The quantitative estimate of drug-likeness (QED) is 0.316. The van der Waals surface area contributed by atoms with E-state index in [1.165, 1.54) is 50.7 Å². The maximum absolute atomic E-state index is 4.30. The van der Waals surface area contributed by atoms with Gasteiger partial charge in [-0.3, -0.25) is 4.99 Å². The third kappa shape index (κ3) is 6.70. The summed E-state index contributed by atoms with van der Waals surface area (Å²) in [5.41, 5.74) is 1.63. The molecule has 0 aromatic heterocycles. The van der Waals surface area contributed by atoms with Gasteiger partial charge in [-0.15, -0.1) is 24.0 Å². The summed E-state index contributed by atoms with van der Waals surface area (Å²) in [7, 11) is 1.86. The van der Waals surface area contributed by atoms with Crippen molar-refractivity contribution >= 4 is 41.7 Å². The predicted molar refractivity (Wildman–Crippen MR) is 101 cm³/mol. The highest BCUT2D eigenvalue weighted by molar-refractivity contribution is 14.0. The Morgan fingerprint density at radius 2 is 2.25 bits per heavy atom. The average molecular weight is 409 g/mol. The molecule has 0 aromatic carbocycles. The van der Waals surface area contributed by atoms with Crippen LogP contribution in [0.1, 0.15) is 44.9 Å². The molecule has 0 bridgehead atoms. The molecule has 20 heavy (non-hydrogen) atoms. The van der Waals surface area contributed by atoms with Crippen LogP contribution in [0.15, 0.2) is 16.6 Å². The van der Waals surface area contributed by atoms with Crippen molar-refractivity contribution in [1.82, 2.24) is 10.6 Å². The van der Waals surface area contributed by atoms with E-state index in [0.717, 1.165) is 24.3 Å². The summed E-state index contributed by atoms with van der Waals surface area (Å²) in [6.45, 7) is 2.05. The van der Waals surface area contributed by atoms with Crippen molar-refractivity contribution in [3.63, 3.8) is 0 Å². The summed E-state index contributed by atoms with van der Waals surface area (Å²) in [6, 6.07) is 0. The Morgan fingerprint density at radius 3 is 2.90 bits per heavy atom. The van der Waals surface area contributed by atoms with Gasteiger partial charge < -0.3 is 10.6 Å². The van der Waals surface area contributed by atoms with Crippen molar-refractivity contribution < 1.29 is 0 Å². The molecule has 1 saturated heterocycles. The van der Waals surface area contributed by atoms with E-state index in [0.29, 0.717) is 0 Å². The van der Waals surface area contributed by atoms with Gasteiger partial charge in [0.25, 0.3) is 0 Å². The summed E-state index contributed by atoms with van der Waals surface area (Å²) in [5, 5.41) is 7.65. The smallest absolute Gasteiger partial charge is 0.191 e. The maximum Gasteiger partial charge on any atom is 0.191 e. The highest BCUT2D eigenvalue weighted by Crippen LogP contribution is 2.25. The zero-order valence-electron chi connectivity index (χ0n) is 12.5. The van der Waals surface area contributed by atoms with Crippen LogP contribution in [-0.2, 0) is 0 Å². The first-order chi connectivity index (χ1) is 9.38. The molecule has 0 saturated carbocycles. The second-order valence-corrected chi connectivity index (χ2v) is 6.78. The Bertz CT molecular complexity index is 325. The number of halogens is 1.